The maximum Gasteiger partial charge on any atom is 0.321 e. The van der Waals surface area contributed by atoms with E-state index in [1.165, 1.54) is 24.9 Å². The van der Waals surface area contributed by atoms with Crippen LogP contribution in [0.5, 0.6) is 11.5 Å². The molecule has 0 N–H and O–H groups in total. The molecule has 2 rings (SSSR count). The number of carbonyl (C=O) groups excluding carboxylic acids is 1. The number of thioether (sulfide) groups is 1. The number of esters is 1. The van der Waals surface area contributed by atoms with Gasteiger partial charge in [0.1, 0.15) is 0 Å². The third kappa shape index (κ3) is 4.26. The molecule has 0 atom stereocenters. The Morgan fingerprint density at radius 1 is 1.19 bits per heavy atom. The summed E-state index contributed by atoms with van der Waals surface area (Å²) in [5, 5.41) is 8.82. The highest BCUT2D eigenvalue weighted by Gasteiger charge is 2.11. The van der Waals surface area contributed by atoms with Gasteiger partial charge in [-0.15, -0.1) is 11.8 Å². The average molecular weight is 299 g/mol. The van der Waals surface area contributed by atoms with Crippen molar-refractivity contribution in [2.45, 2.75) is 4.90 Å². The van der Waals surface area contributed by atoms with E-state index in [0.29, 0.717) is 17.1 Å². The summed E-state index contributed by atoms with van der Waals surface area (Å²) in [6.45, 7) is 0. The highest BCUT2D eigenvalue weighted by atomic mass is 32.2. The van der Waals surface area contributed by atoms with Gasteiger partial charge in [0.05, 0.1) is 24.5 Å². The molecule has 21 heavy (non-hydrogen) atoms. The molecule has 5 heteroatoms. The van der Waals surface area contributed by atoms with E-state index in [1.807, 2.05) is 36.4 Å². The van der Waals surface area contributed by atoms with Gasteiger partial charge in [0.2, 0.25) is 0 Å². The van der Waals surface area contributed by atoms with E-state index in [-0.39, 0.29) is 11.7 Å². The smallest absolute Gasteiger partial charge is 0.321 e. The predicted molar refractivity (Wildman–Crippen MR) is 80.5 cm³/mol. The van der Waals surface area contributed by atoms with E-state index in [2.05, 4.69) is 0 Å². The number of hydrogen-bond donors (Lipinski definition) is 0. The Morgan fingerprint density at radius 2 is 1.95 bits per heavy atom. The van der Waals surface area contributed by atoms with E-state index in [0.717, 1.165) is 4.90 Å². The summed E-state index contributed by atoms with van der Waals surface area (Å²) in [6, 6.07) is 16.3. The Balaban J connectivity index is 1.98. The van der Waals surface area contributed by atoms with Gasteiger partial charge in [-0.3, -0.25) is 4.79 Å². The van der Waals surface area contributed by atoms with Crippen molar-refractivity contribution in [3.05, 3.63) is 54.1 Å². The van der Waals surface area contributed by atoms with Gasteiger partial charge in [0.25, 0.3) is 0 Å². The van der Waals surface area contributed by atoms with Crippen LogP contribution in [-0.2, 0) is 4.79 Å². The van der Waals surface area contributed by atoms with Crippen molar-refractivity contribution < 1.29 is 14.3 Å². The number of nitrogens with zero attached hydrogens (tertiary/aromatic N) is 1. The number of nitriles is 1. The Bertz CT molecular complexity index is 665. The van der Waals surface area contributed by atoms with Gasteiger partial charge in [-0.25, -0.2) is 0 Å². The molecular weight excluding hydrogens is 286 g/mol. The zero-order chi connectivity index (χ0) is 15.1. The van der Waals surface area contributed by atoms with Gasteiger partial charge < -0.3 is 9.47 Å². The van der Waals surface area contributed by atoms with Gasteiger partial charge in [-0.2, -0.15) is 5.26 Å². The van der Waals surface area contributed by atoms with Crippen LogP contribution in [0.4, 0.5) is 0 Å². The Labute approximate surface area is 127 Å². The van der Waals surface area contributed by atoms with Gasteiger partial charge in [0, 0.05) is 11.0 Å². The quantitative estimate of drug-likeness (QED) is 0.482. The maximum atomic E-state index is 11.8. The fourth-order valence-electron chi connectivity index (χ4n) is 1.63. The SMILES string of the molecule is COc1cc(C#N)ccc1OC(=O)CSc1ccccc1. The van der Waals surface area contributed by atoms with Gasteiger partial charge >= 0.3 is 5.97 Å². The number of hydrogen-bond acceptors (Lipinski definition) is 5. The highest BCUT2D eigenvalue weighted by molar-refractivity contribution is 8.00. The molecule has 0 aromatic heterocycles. The zero-order valence-electron chi connectivity index (χ0n) is 11.4. The molecule has 0 fully saturated rings. The lowest BCUT2D eigenvalue weighted by atomic mass is 10.2. The van der Waals surface area contributed by atoms with Crippen molar-refractivity contribution in [3.8, 4) is 17.6 Å². The second-order valence-electron chi connectivity index (χ2n) is 4.05. The molecule has 0 spiro atoms. The van der Waals surface area contributed by atoms with Crippen molar-refractivity contribution in [1.29, 1.82) is 5.26 Å². The number of benzene rings is 2. The first-order chi connectivity index (χ1) is 10.2. The summed E-state index contributed by atoms with van der Waals surface area (Å²) in [4.78, 5) is 12.8. The predicted octanol–water partition coefficient (Wildman–Crippen LogP) is 3.26. The van der Waals surface area contributed by atoms with Crippen molar-refractivity contribution >= 4 is 17.7 Å². The first kappa shape index (κ1) is 14.9. The van der Waals surface area contributed by atoms with Crippen LogP contribution < -0.4 is 9.47 Å². The third-order valence-electron chi connectivity index (χ3n) is 2.62. The molecule has 0 heterocycles. The topological polar surface area (TPSA) is 59.3 Å². The van der Waals surface area contributed by atoms with E-state index >= 15 is 0 Å². The number of carbonyl (C=O) groups is 1. The maximum absolute atomic E-state index is 11.8. The molecule has 2 aromatic carbocycles. The lowest BCUT2D eigenvalue weighted by molar-refractivity contribution is -0.131. The third-order valence-corrected chi connectivity index (χ3v) is 3.60. The molecular formula is C16H13NO3S. The van der Waals surface area contributed by atoms with Crippen molar-refractivity contribution in [3.63, 3.8) is 0 Å². The van der Waals surface area contributed by atoms with Gasteiger partial charge in [-0.1, -0.05) is 18.2 Å². The molecule has 0 saturated heterocycles. The molecule has 106 valence electrons. The molecule has 0 saturated carbocycles. The largest absolute Gasteiger partial charge is 0.493 e. The van der Waals surface area contributed by atoms with Gasteiger partial charge in [-0.05, 0) is 24.3 Å². The summed E-state index contributed by atoms with van der Waals surface area (Å²) in [5.41, 5.74) is 0.449. The normalized spacial score (nSPS) is 9.71. The van der Waals surface area contributed by atoms with E-state index < -0.39 is 0 Å². The summed E-state index contributed by atoms with van der Waals surface area (Å²) in [7, 11) is 1.46. The minimum atomic E-state index is -0.369. The summed E-state index contributed by atoms with van der Waals surface area (Å²) >= 11 is 1.40. The zero-order valence-corrected chi connectivity index (χ0v) is 12.2. The lowest BCUT2D eigenvalue weighted by Crippen LogP contribution is -2.11. The van der Waals surface area contributed by atoms with Crippen LogP contribution in [0, 0.1) is 11.3 Å². The van der Waals surface area contributed by atoms with Crippen LogP contribution in [-0.4, -0.2) is 18.8 Å². The second kappa shape index (κ2) is 7.36. The minimum Gasteiger partial charge on any atom is -0.493 e. The highest BCUT2D eigenvalue weighted by Crippen LogP contribution is 2.28. The standard InChI is InChI=1S/C16H13NO3S/c1-19-15-9-12(10-17)7-8-14(15)20-16(18)11-21-13-5-3-2-4-6-13/h2-9H,11H2,1H3. The molecule has 0 aliphatic heterocycles. The molecule has 0 unspecified atom stereocenters. The molecule has 0 amide bonds. The van der Waals surface area contributed by atoms with Crippen LogP contribution in [0.2, 0.25) is 0 Å². The fraction of sp³-hybridized carbons (Fsp3) is 0.125. The second-order valence-corrected chi connectivity index (χ2v) is 5.10. The molecule has 0 aliphatic rings. The van der Waals surface area contributed by atoms with Crippen molar-refractivity contribution in [2.75, 3.05) is 12.9 Å². The van der Waals surface area contributed by atoms with E-state index in [1.54, 1.807) is 12.1 Å². The molecule has 0 radical (unpaired) electrons. The summed E-state index contributed by atoms with van der Waals surface area (Å²) in [6.07, 6.45) is 0. The first-order valence-corrected chi connectivity index (χ1v) is 7.18. The lowest BCUT2D eigenvalue weighted by Gasteiger charge is -2.09. The van der Waals surface area contributed by atoms with Crippen LogP contribution in [0.15, 0.2) is 53.4 Å². The Hall–Kier alpha value is -2.45. The molecule has 2 aromatic rings. The van der Waals surface area contributed by atoms with Crippen molar-refractivity contribution in [1.82, 2.24) is 0 Å². The molecule has 0 aliphatic carbocycles. The van der Waals surface area contributed by atoms with Crippen molar-refractivity contribution in [2.24, 2.45) is 0 Å². The number of rotatable bonds is 5. The number of ether oxygens (including phenoxy) is 2. The monoisotopic (exact) mass is 299 g/mol. The van der Waals surface area contributed by atoms with E-state index in [9.17, 15) is 4.79 Å². The number of methoxy groups -OCH3 is 1. The molecule has 4 nitrogen and oxygen atoms in total. The summed E-state index contributed by atoms with van der Waals surface area (Å²) < 4.78 is 10.4. The Kier molecular flexibility index (Phi) is 5.24. The van der Waals surface area contributed by atoms with Crippen LogP contribution in [0.1, 0.15) is 5.56 Å². The van der Waals surface area contributed by atoms with Crippen LogP contribution >= 0.6 is 11.8 Å². The average Bonchev–Trinajstić information content (AvgIpc) is 2.54. The summed E-state index contributed by atoms with van der Waals surface area (Å²) in [5.74, 6) is 0.516. The Morgan fingerprint density at radius 3 is 2.62 bits per heavy atom. The minimum absolute atomic E-state index is 0.202. The van der Waals surface area contributed by atoms with Crippen LogP contribution in [0.25, 0.3) is 0 Å². The fourth-order valence-corrected chi connectivity index (χ4v) is 2.33. The van der Waals surface area contributed by atoms with E-state index in [4.69, 9.17) is 14.7 Å². The van der Waals surface area contributed by atoms with Gasteiger partial charge in [0.15, 0.2) is 11.5 Å². The first-order valence-electron chi connectivity index (χ1n) is 6.19. The van der Waals surface area contributed by atoms with Crippen LogP contribution in [0.3, 0.4) is 0 Å². The molecule has 0 bridgehead atoms.